The van der Waals surface area contributed by atoms with E-state index in [1.807, 2.05) is 52.7 Å². The lowest BCUT2D eigenvalue weighted by Gasteiger charge is -2.35. The van der Waals surface area contributed by atoms with E-state index in [2.05, 4.69) is 10.2 Å². The van der Waals surface area contributed by atoms with Crippen LogP contribution >= 0.6 is 11.3 Å². The summed E-state index contributed by atoms with van der Waals surface area (Å²) in [6.45, 7) is 1.76. The zero-order chi connectivity index (χ0) is 22.5. The Bertz CT molecular complexity index is 936. The Labute approximate surface area is 191 Å². The SMILES string of the molecule is COC(=O)[C@H](CN1C[C@H]2C[C@@H]1CN2C(=O)Cc1cccs1)NC(=O)OCc1ccccc1. The van der Waals surface area contributed by atoms with Crippen molar-refractivity contribution in [1.29, 1.82) is 0 Å². The fraction of sp³-hybridized carbons (Fsp3) is 0.435. The minimum atomic E-state index is -0.835. The summed E-state index contributed by atoms with van der Waals surface area (Å²) in [5.74, 6) is -0.373. The zero-order valence-electron chi connectivity index (χ0n) is 17.9. The van der Waals surface area contributed by atoms with Gasteiger partial charge in [-0.1, -0.05) is 36.4 Å². The predicted octanol–water partition coefficient (Wildman–Crippen LogP) is 2.04. The van der Waals surface area contributed by atoms with Gasteiger partial charge in [0.25, 0.3) is 0 Å². The molecular weight excluding hydrogens is 430 g/mol. The van der Waals surface area contributed by atoms with Crippen molar-refractivity contribution >= 4 is 29.3 Å². The van der Waals surface area contributed by atoms with Crippen LogP contribution < -0.4 is 5.32 Å². The summed E-state index contributed by atoms with van der Waals surface area (Å²) >= 11 is 1.59. The molecular formula is C23H27N3O5S. The fourth-order valence-electron chi connectivity index (χ4n) is 4.41. The van der Waals surface area contributed by atoms with Gasteiger partial charge in [-0.25, -0.2) is 9.59 Å². The highest BCUT2D eigenvalue weighted by atomic mass is 32.1. The summed E-state index contributed by atoms with van der Waals surface area (Å²) in [6.07, 6.45) is 0.643. The van der Waals surface area contributed by atoms with Crippen LogP contribution in [0.25, 0.3) is 0 Å². The number of likely N-dealkylation sites (tertiary alicyclic amines) is 2. The molecule has 1 aromatic heterocycles. The molecule has 0 radical (unpaired) electrons. The van der Waals surface area contributed by atoms with E-state index in [9.17, 15) is 14.4 Å². The maximum atomic E-state index is 12.7. The van der Waals surface area contributed by atoms with Crippen LogP contribution in [0.1, 0.15) is 16.9 Å². The number of thiophene rings is 1. The number of carbonyl (C=O) groups excluding carboxylic acids is 3. The number of hydrogen-bond donors (Lipinski definition) is 1. The third-order valence-electron chi connectivity index (χ3n) is 5.99. The van der Waals surface area contributed by atoms with Crippen LogP contribution in [0, 0.1) is 0 Å². The summed E-state index contributed by atoms with van der Waals surface area (Å²) in [5.41, 5.74) is 0.862. The maximum absolute atomic E-state index is 12.7. The number of esters is 1. The monoisotopic (exact) mass is 457 g/mol. The lowest BCUT2D eigenvalue weighted by Crippen LogP contribution is -2.55. The average molecular weight is 458 g/mol. The number of nitrogens with one attached hydrogen (secondary N) is 1. The summed E-state index contributed by atoms with van der Waals surface area (Å²) in [6, 6.07) is 12.7. The van der Waals surface area contributed by atoms with Gasteiger partial charge in [0.1, 0.15) is 12.6 Å². The Morgan fingerprint density at radius 3 is 2.59 bits per heavy atom. The Kier molecular flexibility index (Phi) is 7.06. The number of fused-ring (bicyclic) bond motifs is 2. The number of benzene rings is 1. The molecule has 0 spiro atoms. The van der Waals surface area contributed by atoms with Crippen molar-refractivity contribution in [3.63, 3.8) is 0 Å². The molecule has 32 heavy (non-hydrogen) atoms. The molecule has 0 unspecified atom stereocenters. The van der Waals surface area contributed by atoms with Crippen molar-refractivity contribution in [3.8, 4) is 0 Å². The zero-order valence-corrected chi connectivity index (χ0v) is 18.8. The molecule has 2 saturated heterocycles. The lowest BCUT2D eigenvalue weighted by molar-refractivity contribution is -0.144. The molecule has 1 aromatic carbocycles. The largest absolute Gasteiger partial charge is 0.467 e. The summed E-state index contributed by atoms with van der Waals surface area (Å²) in [7, 11) is 1.30. The van der Waals surface area contributed by atoms with Gasteiger partial charge in [-0.15, -0.1) is 11.3 Å². The van der Waals surface area contributed by atoms with E-state index < -0.39 is 18.1 Å². The van der Waals surface area contributed by atoms with Gasteiger partial charge in [0.05, 0.1) is 13.5 Å². The molecule has 170 valence electrons. The Hall–Kier alpha value is -2.91. The molecule has 8 nitrogen and oxygen atoms in total. The van der Waals surface area contributed by atoms with Crippen LogP contribution in [0.2, 0.25) is 0 Å². The van der Waals surface area contributed by atoms with Crippen molar-refractivity contribution in [2.45, 2.75) is 37.6 Å². The van der Waals surface area contributed by atoms with Crippen LogP contribution in [0.4, 0.5) is 4.79 Å². The minimum Gasteiger partial charge on any atom is -0.467 e. The van der Waals surface area contributed by atoms with Gasteiger partial charge in [-0.2, -0.15) is 0 Å². The van der Waals surface area contributed by atoms with Crippen LogP contribution in [0.5, 0.6) is 0 Å². The van der Waals surface area contributed by atoms with Crippen LogP contribution in [0.15, 0.2) is 47.8 Å². The van der Waals surface area contributed by atoms with Crippen LogP contribution in [0.3, 0.4) is 0 Å². The second kappa shape index (κ2) is 10.1. The second-order valence-corrected chi connectivity index (χ2v) is 9.11. The first kappa shape index (κ1) is 22.3. The van der Waals surface area contributed by atoms with Crippen molar-refractivity contribution in [1.82, 2.24) is 15.1 Å². The number of alkyl carbamates (subject to hydrolysis) is 1. The first-order chi connectivity index (χ1) is 15.5. The van der Waals surface area contributed by atoms with E-state index in [-0.39, 0.29) is 24.6 Å². The number of hydrogen-bond acceptors (Lipinski definition) is 7. The number of nitrogens with zero attached hydrogens (tertiary/aromatic N) is 2. The fourth-order valence-corrected chi connectivity index (χ4v) is 5.10. The van der Waals surface area contributed by atoms with Gasteiger partial charge in [-0.05, 0) is 23.4 Å². The molecule has 2 amide bonds. The molecule has 4 rings (SSSR count). The highest BCUT2D eigenvalue weighted by Crippen LogP contribution is 2.31. The van der Waals surface area contributed by atoms with Crippen LogP contribution in [-0.4, -0.2) is 72.6 Å². The second-order valence-electron chi connectivity index (χ2n) is 8.08. The average Bonchev–Trinajstić information content (AvgIpc) is 3.55. The number of amides is 2. The minimum absolute atomic E-state index is 0.121. The number of ether oxygens (including phenoxy) is 2. The molecule has 9 heteroatoms. The predicted molar refractivity (Wildman–Crippen MR) is 119 cm³/mol. The first-order valence-corrected chi connectivity index (χ1v) is 11.5. The molecule has 2 bridgehead atoms. The van der Waals surface area contributed by atoms with Gasteiger partial charge in [-0.3, -0.25) is 9.69 Å². The molecule has 2 aliphatic rings. The molecule has 3 heterocycles. The Morgan fingerprint density at radius 1 is 1.12 bits per heavy atom. The first-order valence-electron chi connectivity index (χ1n) is 10.6. The summed E-state index contributed by atoms with van der Waals surface area (Å²) in [4.78, 5) is 42.4. The number of rotatable bonds is 8. The van der Waals surface area contributed by atoms with E-state index >= 15 is 0 Å². The van der Waals surface area contributed by atoms with E-state index in [0.29, 0.717) is 26.1 Å². The van der Waals surface area contributed by atoms with Gasteiger partial charge < -0.3 is 19.7 Å². The number of methoxy groups -OCH3 is 1. The third kappa shape index (κ3) is 5.28. The van der Waals surface area contributed by atoms with Crippen molar-refractivity contribution in [3.05, 3.63) is 58.3 Å². The smallest absolute Gasteiger partial charge is 0.408 e. The van der Waals surface area contributed by atoms with Crippen molar-refractivity contribution in [2.24, 2.45) is 0 Å². The van der Waals surface area contributed by atoms with Crippen molar-refractivity contribution in [2.75, 3.05) is 26.7 Å². The molecule has 1 N–H and O–H groups in total. The highest BCUT2D eigenvalue weighted by Gasteiger charge is 2.46. The third-order valence-corrected chi connectivity index (χ3v) is 6.86. The van der Waals surface area contributed by atoms with Crippen LogP contribution in [-0.2, 0) is 32.1 Å². The van der Waals surface area contributed by atoms with Gasteiger partial charge in [0, 0.05) is 36.6 Å². The summed E-state index contributed by atoms with van der Waals surface area (Å²) in [5, 5.41) is 4.61. The molecule has 2 aliphatic heterocycles. The van der Waals surface area contributed by atoms with Gasteiger partial charge in [0.15, 0.2) is 0 Å². The van der Waals surface area contributed by atoms with E-state index in [4.69, 9.17) is 9.47 Å². The molecule has 2 aromatic rings. The molecule has 2 fully saturated rings. The van der Waals surface area contributed by atoms with Gasteiger partial charge in [0.2, 0.25) is 5.91 Å². The molecule has 0 saturated carbocycles. The number of carbonyl (C=O) groups is 3. The highest BCUT2D eigenvalue weighted by molar-refractivity contribution is 7.10. The summed E-state index contributed by atoms with van der Waals surface area (Å²) < 4.78 is 10.1. The Balaban J connectivity index is 1.29. The van der Waals surface area contributed by atoms with Crippen molar-refractivity contribution < 1.29 is 23.9 Å². The van der Waals surface area contributed by atoms with E-state index in [0.717, 1.165) is 16.9 Å². The Morgan fingerprint density at radius 2 is 1.94 bits per heavy atom. The lowest BCUT2D eigenvalue weighted by atomic mass is 10.2. The van der Waals surface area contributed by atoms with E-state index in [1.54, 1.807) is 11.3 Å². The quantitative estimate of drug-likeness (QED) is 0.611. The topological polar surface area (TPSA) is 88.2 Å². The molecule has 3 atom stereocenters. The van der Waals surface area contributed by atoms with E-state index in [1.165, 1.54) is 7.11 Å². The standard InChI is InChI=1S/C23H27N3O5S/c1-30-22(28)20(24-23(29)31-15-16-6-3-2-4-7-16)14-25-12-18-10-17(25)13-26(18)21(27)11-19-8-5-9-32-19/h2-9,17-18,20H,10-15H2,1H3,(H,24,29)/t17-,18-,20+/m1/s1. The number of piperazine rings is 1. The molecule has 0 aliphatic carbocycles. The normalized spacial score (nSPS) is 20.7. The maximum Gasteiger partial charge on any atom is 0.408 e. The van der Waals surface area contributed by atoms with Gasteiger partial charge >= 0.3 is 12.1 Å².